The monoisotopic (exact) mass is 533 g/mol. The van der Waals surface area contributed by atoms with Gasteiger partial charge in [-0.05, 0) is 56.9 Å². The Labute approximate surface area is 224 Å². The van der Waals surface area contributed by atoms with Gasteiger partial charge < -0.3 is 20.1 Å². The molecule has 0 saturated heterocycles. The van der Waals surface area contributed by atoms with Gasteiger partial charge in [0.15, 0.2) is 5.75 Å². The summed E-state index contributed by atoms with van der Waals surface area (Å²) in [5.74, 6) is 1.57. The average Bonchev–Trinajstić information content (AvgIpc) is 3.45. The number of hydrogen-bond acceptors (Lipinski definition) is 8. The Morgan fingerprint density at radius 3 is 2.71 bits per heavy atom. The Balaban J connectivity index is 1.16. The van der Waals surface area contributed by atoms with Crippen molar-refractivity contribution in [3.63, 3.8) is 0 Å². The van der Waals surface area contributed by atoms with Crippen LogP contribution in [0.3, 0.4) is 0 Å². The zero-order valence-electron chi connectivity index (χ0n) is 21.4. The molecule has 11 heteroatoms. The van der Waals surface area contributed by atoms with E-state index in [0.717, 1.165) is 47.0 Å². The number of amides is 1. The highest BCUT2D eigenvalue weighted by molar-refractivity contribution is 6.34. The maximum absolute atomic E-state index is 12.8. The van der Waals surface area contributed by atoms with E-state index in [2.05, 4.69) is 26.8 Å². The maximum Gasteiger partial charge on any atom is 0.271 e. The number of halogens is 1. The van der Waals surface area contributed by atoms with E-state index in [1.165, 1.54) is 4.68 Å². The minimum atomic E-state index is -0.204. The van der Waals surface area contributed by atoms with Crippen LogP contribution >= 0.6 is 11.6 Å². The van der Waals surface area contributed by atoms with Crippen LogP contribution in [0.1, 0.15) is 41.1 Å². The smallest absolute Gasteiger partial charge is 0.271 e. The molecule has 0 unspecified atom stereocenters. The fourth-order valence-corrected chi connectivity index (χ4v) is 5.50. The van der Waals surface area contributed by atoms with Gasteiger partial charge in [-0.3, -0.25) is 9.48 Å². The van der Waals surface area contributed by atoms with Gasteiger partial charge in [-0.1, -0.05) is 17.7 Å². The minimum absolute atomic E-state index is 0.0351. The number of aromatic nitrogens is 5. The van der Waals surface area contributed by atoms with Crippen LogP contribution in [0, 0.1) is 13.8 Å². The number of aryl methyl sites for hydroxylation is 3. The number of benzene rings is 1. The molecule has 2 atom stereocenters. The number of rotatable bonds is 5. The number of nitrogens with one attached hydrogen (secondary N) is 2. The largest absolute Gasteiger partial charge is 0.484 e. The number of ether oxygens (including phenoxy) is 2. The molecule has 10 nitrogen and oxygen atoms in total. The summed E-state index contributed by atoms with van der Waals surface area (Å²) in [6, 6.07) is 8.22. The van der Waals surface area contributed by atoms with Gasteiger partial charge in [0.05, 0.1) is 21.9 Å². The molecule has 0 radical (unpaired) electrons. The lowest BCUT2D eigenvalue weighted by Gasteiger charge is -2.20. The van der Waals surface area contributed by atoms with Crippen LogP contribution in [-0.2, 0) is 7.05 Å². The van der Waals surface area contributed by atoms with E-state index in [9.17, 15) is 4.79 Å². The number of fused-ring (bicyclic) bond motifs is 2. The van der Waals surface area contributed by atoms with Crippen LogP contribution in [0.5, 0.6) is 11.6 Å². The van der Waals surface area contributed by atoms with Gasteiger partial charge in [0, 0.05) is 36.3 Å². The summed E-state index contributed by atoms with van der Waals surface area (Å²) in [7, 11) is 1.72. The molecule has 1 aliphatic carbocycles. The molecule has 4 aromatic rings. The molecule has 2 N–H and O–H groups in total. The van der Waals surface area contributed by atoms with E-state index in [1.54, 1.807) is 20.2 Å². The first-order valence-electron chi connectivity index (χ1n) is 12.7. The highest BCUT2D eigenvalue weighted by atomic mass is 35.5. The zero-order valence-corrected chi connectivity index (χ0v) is 22.2. The Hall–Kier alpha value is -3.92. The van der Waals surface area contributed by atoms with Crippen molar-refractivity contribution >= 4 is 34.4 Å². The third-order valence-electron chi connectivity index (χ3n) is 7.10. The molecule has 3 aromatic heterocycles. The van der Waals surface area contributed by atoms with E-state index in [4.69, 9.17) is 31.0 Å². The Bertz CT molecular complexity index is 1550. The fraction of sp³-hybridized carbons (Fsp3) is 0.370. The number of anilines is 1. The summed E-state index contributed by atoms with van der Waals surface area (Å²) in [6.07, 6.45) is 4.26. The van der Waals surface area contributed by atoms with Gasteiger partial charge >= 0.3 is 0 Å². The van der Waals surface area contributed by atoms with Crippen molar-refractivity contribution in [3.05, 3.63) is 52.6 Å². The van der Waals surface area contributed by atoms with Crippen LogP contribution < -0.4 is 20.1 Å². The van der Waals surface area contributed by atoms with Crippen LogP contribution in [-0.4, -0.2) is 55.9 Å². The van der Waals surface area contributed by atoms with Crippen molar-refractivity contribution in [2.24, 2.45) is 7.05 Å². The van der Waals surface area contributed by atoms with E-state index in [-0.39, 0.29) is 18.0 Å². The predicted molar refractivity (Wildman–Crippen MR) is 144 cm³/mol. The number of nitrogens with zero attached hydrogens (tertiary/aromatic N) is 5. The summed E-state index contributed by atoms with van der Waals surface area (Å²) < 4.78 is 13.0. The van der Waals surface area contributed by atoms with Crippen molar-refractivity contribution in [1.82, 2.24) is 30.0 Å². The first kappa shape index (κ1) is 24.4. The number of carbonyl (C=O) groups is 1. The quantitative estimate of drug-likeness (QED) is 0.391. The second-order valence-electron chi connectivity index (χ2n) is 9.75. The molecule has 0 spiro atoms. The standard InChI is InChI=1S/C27H28ClN7O3/c1-14-20-12-16(19-8-9-29-26-24(19)37-10-11-38-26)4-7-21(20)33-27(30-14)32-18-6-5-17(13-18)31-25(36)23-22(28)15(2)34-35(23)3/h4,7-9,12,17-18H,5-6,10-11,13H2,1-3H3,(H,31,36)(H,30,32,33)/t17-,18+/m0/s1. The Morgan fingerprint density at radius 1 is 1.08 bits per heavy atom. The molecule has 38 heavy (non-hydrogen) atoms. The van der Waals surface area contributed by atoms with Crippen LogP contribution in [0.4, 0.5) is 5.95 Å². The summed E-state index contributed by atoms with van der Waals surface area (Å²) in [6.45, 7) is 4.77. The Kier molecular flexibility index (Phi) is 6.27. The summed E-state index contributed by atoms with van der Waals surface area (Å²) in [4.78, 5) is 26.6. The van der Waals surface area contributed by atoms with Gasteiger partial charge in [-0.15, -0.1) is 0 Å². The molecule has 2 aliphatic rings. The van der Waals surface area contributed by atoms with Gasteiger partial charge in [0.2, 0.25) is 5.95 Å². The van der Waals surface area contributed by atoms with E-state index in [1.807, 2.05) is 25.1 Å². The van der Waals surface area contributed by atoms with Gasteiger partial charge in [0.1, 0.15) is 18.9 Å². The summed E-state index contributed by atoms with van der Waals surface area (Å²) in [5.41, 5.74) is 4.69. The second-order valence-corrected chi connectivity index (χ2v) is 10.1. The van der Waals surface area contributed by atoms with Crippen molar-refractivity contribution in [2.45, 2.75) is 45.2 Å². The summed E-state index contributed by atoms with van der Waals surface area (Å²) >= 11 is 6.28. The average molecular weight is 534 g/mol. The lowest BCUT2D eigenvalue weighted by atomic mass is 10.0. The lowest BCUT2D eigenvalue weighted by molar-refractivity contribution is 0.0928. The summed E-state index contributed by atoms with van der Waals surface area (Å²) in [5, 5.41) is 12.2. The molecule has 1 aromatic carbocycles. The third-order valence-corrected chi connectivity index (χ3v) is 7.56. The van der Waals surface area contributed by atoms with Gasteiger partial charge in [0.25, 0.3) is 11.8 Å². The SMILES string of the molecule is Cc1nn(C)c(C(=O)N[C@H]2CC[C@@H](Nc3nc(C)c4cc(-c5ccnc6c5OCCO6)ccc4n3)C2)c1Cl. The van der Waals surface area contributed by atoms with Crippen molar-refractivity contribution in [3.8, 4) is 22.8 Å². The normalized spacial score (nSPS) is 18.5. The molecule has 196 valence electrons. The first-order valence-corrected chi connectivity index (χ1v) is 13.0. The van der Waals surface area contributed by atoms with E-state index < -0.39 is 0 Å². The maximum atomic E-state index is 12.8. The van der Waals surface area contributed by atoms with Crippen LogP contribution in [0.25, 0.3) is 22.0 Å². The molecule has 6 rings (SSSR count). The van der Waals surface area contributed by atoms with Gasteiger partial charge in [-0.2, -0.15) is 5.10 Å². The topological polar surface area (TPSA) is 116 Å². The van der Waals surface area contributed by atoms with Crippen molar-refractivity contribution in [1.29, 1.82) is 0 Å². The van der Waals surface area contributed by atoms with Crippen molar-refractivity contribution < 1.29 is 14.3 Å². The van der Waals surface area contributed by atoms with E-state index in [0.29, 0.717) is 47.2 Å². The van der Waals surface area contributed by atoms with E-state index >= 15 is 0 Å². The van der Waals surface area contributed by atoms with Crippen LogP contribution in [0.15, 0.2) is 30.5 Å². The first-order chi connectivity index (χ1) is 18.4. The molecule has 1 aliphatic heterocycles. The Morgan fingerprint density at radius 2 is 1.89 bits per heavy atom. The molecule has 0 bridgehead atoms. The molecular weight excluding hydrogens is 506 g/mol. The third kappa shape index (κ3) is 4.49. The molecular formula is C27H28ClN7O3. The highest BCUT2D eigenvalue weighted by Gasteiger charge is 2.29. The molecule has 4 heterocycles. The fourth-order valence-electron chi connectivity index (χ4n) is 5.25. The zero-order chi connectivity index (χ0) is 26.4. The predicted octanol–water partition coefficient (Wildman–Crippen LogP) is 4.23. The molecule has 1 fully saturated rings. The van der Waals surface area contributed by atoms with Crippen LogP contribution in [0.2, 0.25) is 5.02 Å². The molecule has 1 saturated carbocycles. The van der Waals surface area contributed by atoms with Crippen molar-refractivity contribution in [2.75, 3.05) is 18.5 Å². The highest BCUT2D eigenvalue weighted by Crippen LogP contribution is 2.39. The number of carbonyl (C=O) groups excluding carboxylic acids is 1. The second kappa shape index (κ2) is 9.75. The molecule has 1 amide bonds. The minimum Gasteiger partial charge on any atom is -0.484 e. The lowest BCUT2D eigenvalue weighted by Crippen LogP contribution is -2.35. The van der Waals surface area contributed by atoms with Gasteiger partial charge in [-0.25, -0.2) is 15.0 Å². The number of hydrogen-bond donors (Lipinski definition) is 2. The number of pyridine rings is 1.